The zero-order valence-corrected chi connectivity index (χ0v) is 39.2. The summed E-state index contributed by atoms with van der Waals surface area (Å²) in [5.41, 5.74) is -5.22. The lowest BCUT2D eigenvalue weighted by atomic mass is 9.94. The van der Waals surface area contributed by atoms with Gasteiger partial charge < -0.3 is 24.2 Å². The first-order valence-electron chi connectivity index (χ1n) is 21.1. The van der Waals surface area contributed by atoms with Crippen LogP contribution in [0.3, 0.4) is 0 Å². The van der Waals surface area contributed by atoms with Crippen LogP contribution in [0.25, 0.3) is 10.1 Å². The number of halogens is 2. The highest BCUT2D eigenvalue weighted by atomic mass is 32.2. The number of rotatable bonds is 14. The second kappa shape index (κ2) is 18.3. The number of benzene rings is 1. The molecule has 0 bridgehead atoms. The molecule has 4 fully saturated rings. The first-order valence-corrected chi connectivity index (χ1v) is 25.5. The van der Waals surface area contributed by atoms with Gasteiger partial charge in [-0.1, -0.05) is 77.2 Å². The number of aromatic nitrogens is 1. The second-order valence-corrected chi connectivity index (χ2v) is 24.1. The van der Waals surface area contributed by atoms with Gasteiger partial charge in [0.25, 0.3) is 5.91 Å². The van der Waals surface area contributed by atoms with E-state index in [9.17, 15) is 28.5 Å². The summed E-state index contributed by atoms with van der Waals surface area (Å²) >= 11 is 2.85. The average Bonchev–Trinajstić information content (AvgIpc) is 3.55. The lowest BCUT2D eigenvalue weighted by molar-refractivity contribution is -0.149. The Bertz CT molecular complexity index is 2200. The molecule has 5 atom stereocenters. The van der Waals surface area contributed by atoms with E-state index in [-0.39, 0.29) is 61.7 Å². The monoisotopic (exact) mass is 932 g/mol. The maximum atomic E-state index is 16.5. The minimum Gasteiger partial charge on any atom is -0.340 e. The highest BCUT2D eigenvalue weighted by Gasteiger charge is 2.56. The van der Waals surface area contributed by atoms with Crippen LogP contribution in [0.1, 0.15) is 100 Å². The van der Waals surface area contributed by atoms with Crippen molar-refractivity contribution in [3.63, 3.8) is 0 Å². The minimum absolute atomic E-state index is 0.0371. The maximum Gasteiger partial charge on any atom is 0.404 e. The molecule has 18 heteroatoms. The molecule has 5 heterocycles. The highest BCUT2D eigenvalue weighted by Crippen LogP contribution is 2.67. The van der Waals surface area contributed by atoms with E-state index < -0.39 is 60.9 Å². The van der Waals surface area contributed by atoms with E-state index in [0.717, 1.165) is 71.9 Å². The zero-order valence-electron chi connectivity index (χ0n) is 35.9. The minimum atomic E-state index is -5.25. The molecule has 1 aromatic carbocycles. The Labute approximate surface area is 373 Å². The van der Waals surface area contributed by atoms with Crippen LogP contribution in [0.4, 0.5) is 8.78 Å². The first-order chi connectivity index (χ1) is 29.2. The van der Waals surface area contributed by atoms with Gasteiger partial charge in [-0.3, -0.25) is 33.5 Å². The Kier molecular flexibility index (Phi) is 13.8. The van der Waals surface area contributed by atoms with Gasteiger partial charge in [-0.15, -0.1) is 11.3 Å². The predicted octanol–water partition coefficient (Wildman–Crippen LogP) is 8.70. The topological polar surface area (TPSA) is 152 Å². The van der Waals surface area contributed by atoms with Crippen LogP contribution in [0.2, 0.25) is 0 Å². The van der Waals surface area contributed by atoms with E-state index in [4.69, 9.17) is 9.05 Å². The van der Waals surface area contributed by atoms with Gasteiger partial charge in [-0.05, 0) is 79.7 Å². The van der Waals surface area contributed by atoms with E-state index in [1.165, 1.54) is 12.1 Å². The Morgan fingerprint density at radius 1 is 0.887 bits per heavy atom. The number of nitrogens with one attached hydrogen (secondary N) is 1. The number of amides is 3. The van der Waals surface area contributed by atoms with Crippen molar-refractivity contribution in [3.05, 3.63) is 64.8 Å². The Morgan fingerprint density at radius 2 is 1.53 bits per heavy atom. The molecular weight excluding hydrogens is 878 g/mol. The van der Waals surface area contributed by atoms with Crippen molar-refractivity contribution in [2.24, 2.45) is 22.7 Å². The number of hydrogen-bond acceptors (Lipinski definition) is 12. The van der Waals surface area contributed by atoms with Crippen molar-refractivity contribution in [2.45, 2.75) is 103 Å². The van der Waals surface area contributed by atoms with E-state index in [0.29, 0.717) is 36.5 Å². The third-order valence-corrected chi connectivity index (χ3v) is 17.5. The van der Waals surface area contributed by atoms with Gasteiger partial charge in [0.15, 0.2) is 10.2 Å². The van der Waals surface area contributed by atoms with E-state index >= 15 is 8.78 Å². The fourth-order valence-corrected chi connectivity index (χ4v) is 12.5. The quantitative estimate of drug-likeness (QED) is 0.122. The number of thioether (sulfide) groups is 2. The van der Waals surface area contributed by atoms with Gasteiger partial charge >= 0.3 is 13.3 Å². The van der Waals surface area contributed by atoms with Crippen LogP contribution < -0.4 is 5.32 Å². The fourth-order valence-electron chi connectivity index (χ4n) is 8.25. The van der Waals surface area contributed by atoms with Crippen molar-refractivity contribution >= 4 is 80.5 Å². The molecular formula is C44H55F2N4O8PS3. The van der Waals surface area contributed by atoms with Gasteiger partial charge in [0, 0.05) is 69.5 Å². The number of nitrogens with zero attached hydrogens (tertiary/aromatic N) is 3. The van der Waals surface area contributed by atoms with Crippen molar-refractivity contribution in [3.8, 4) is 0 Å². The Morgan fingerprint density at radius 3 is 2.15 bits per heavy atom. The summed E-state index contributed by atoms with van der Waals surface area (Å²) in [7, 11) is -5.25. The number of likely N-dealkylation sites (tertiary alicyclic amines) is 1. The zero-order chi connectivity index (χ0) is 44.8. The summed E-state index contributed by atoms with van der Waals surface area (Å²) in [5.74, 6) is -0.0925. The molecule has 7 rings (SSSR count). The summed E-state index contributed by atoms with van der Waals surface area (Å²) in [6.45, 7) is 10.5. The van der Waals surface area contributed by atoms with Crippen LogP contribution in [-0.2, 0) is 38.5 Å². The van der Waals surface area contributed by atoms with Gasteiger partial charge in [-0.2, -0.15) is 8.78 Å². The van der Waals surface area contributed by atoms with Crippen LogP contribution in [0, 0.1) is 22.7 Å². The van der Waals surface area contributed by atoms with E-state index in [1.54, 1.807) is 57.5 Å². The predicted molar refractivity (Wildman–Crippen MR) is 238 cm³/mol. The number of pyridine rings is 1. The molecule has 3 amide bonds. The van der Waals surface area contributed by atoms with Crippen LogP contribution in [-0.4, -0.2) is 98.7 Å². The molecule has 336 valence electrons. The van der Waals surface area contributed by atoms with Crippen LogP contribution >= 0.6 is 42.5 Å². The molecule has 3 saturated heterocycles. The molecule has 1 N–H and O–H groups in total. The summed E-state index contributed by atoms with van der Waals surface area (Å²) < 4.78 is 58.2. The molecule has 0 spiro atoms. The lowest BCUT2D eigenvalue weighted by Gasteiger charge is -2.43. The third-order valence-electron chi connectivity index (χ3n) is 11.9. The first kappa shape index (κ1) is 46.8. The molecule has 0 unspecified atom stereocenters. The smallest absolute Gasteiger partial charge is 0.340 e. The largest absolute Gasteiger partial charge is 0.404 e. The van der Waals surface area contributed by atoms with E-state index in [2.05, 4.69) is 10.3 Å². The number of hydrogen-bond donors (Lipinski definition) is 1. The van der Waals surface area contributed by atoms with Crippen molar-refractivity contribution in [1.29, 1.82) is 0 Å². The third kappa shape index (κ3) is 10.2. The molecule has 4 aliphatic rings. The Hall–Kier alpha value is -3.21. The number of thiophene rings is 1. The molecule has 3 aromatic rings. The van der Waals surface area contributed by atoms with Gasteiger partial charge in [0.1, 0.15) is 12.1 Å². The standard InChI is InChI=1S/C44H55F2N4O8PS3/c1-42(2,3)40(54)60-17-15-57-59(56,58-16-18-61-41(55)43(4,5)6)44(45,46)30-10-13-35-28(20-30)23-36(62-35)37(51)48-33-22-27-19-26(27)21-31-11-12-34(50(31)38(33)52)39(53)49-24-29(25-49)32-9-7-8-14-47-32/h7-10,13-14,20,23,26-27,29,31,33-34H,11-12,15-19,21-22,24-25H2,1-6H3,(H,48,51)/t26-,27+,31+,33-,34-/m0/s1. The summed E-state index contributed by atoms with van der Waals surface area (Å²) in [6.07, 6.45) is 5.28. The Balaban J connectivity index is 1.04. The van der Waals surface area contributed by atoms with Crippen molar-refractivity contribution in [2.75, 3.05) is 37.8 Å². The van der Waals surface area contributed by atoms with Crippen LogP contribution in [0.15, 0.2) is 48.7 Å². The summed E-state index contributed by atoms with van der Waals surface area (Å²) in [4.78, 5) is 75.2. The average molecular weight is 933 g/mol. The molecule has 3 aliphatic heterocycles. The molecule has 1 aliphatic carbocycles. The molecule has 2 aromatic heterocycles. The molecule has 12 nitrogen and oxygen atoms in total. The molecule has 62 heavy (non-hydrogen) atoms. The molecule has 1 saturated carbocycles. The number of fused-ring (bicyclic) bond motifs is 3. The van der Waals surface area contributed by atoms with Crippen molar-refractivity contribution in [1.82, 2.24) is 20.1 Å². The molecule has 0 radical (unpaired) electrons. The van der Waals surface area contributed by atoms with Gasteiger partial charge in [-0.25, -0.2) is 0 Å². The highest BCUT2D eigenvalue weighted by molar-refractivity contribution is 8.14. The number of alkyl halides is 2. The summed E-state index contributed by atoms with van der Waals surface area (Å²) in [5, 5.41) is 2.87. The summed E-state index contributed by atoms with van der Waals surface area (Å²) in [6, 6.07) is 9.33. The number of carbonyl (C=O) groups excluding carboxylic acids is 5. The lowest BCUT2D eigenvalue weighted by Crippen LogP contribution is -2.59. The maximum absolute atomic E-state index is 16.5. The van der Waals surface area contributed by atoms with E-state index in [1.807, 2.05) is 18.2 Å². The van der Waals surface area contributed by atoms with Crippen LogP contribution in [0.5, 0.6) is 0 Å². The van der Waals surface area contributed by atoms with Crippen molar-refractivity contribution < 1.29 is 46.4 Å². The van der Waals surface area contributed by atoms with Gasteiger partial charge in [0.2, 0.25) is 11.8 Å². The fraction of sp³-hybridized carbons (Fsp3) is 0.591. The normalized spacial score (nSPS) is 23.3. The second-order valence-electron chi connectivity index (χ2n) is 18.8. The van der Waals surface area contributed by atoms with Gasteiger partial charge in [0.05, 0.1) is 18.1 Å². The number of carbonyl (C=O) groups is 5. The SMILES string of the molecule is CC(C)(C)C(=O)SCCOP(=O)(OCCSC(=O)C(C)(C)C)C(F)(F)c1ccc2sc(C(=O)N[C@H]3C[C@H]4C[C@H]4C[C@H]4CC[C@@H](C(=O)N5CC(c6ccccn6)C5)N4C3=O)cc2c1.